The molecule has 0 aliphatic heterocycles. The van der Waals surface area contributed by atoms with Crippen molar-refractivity contribution in [2.45, 2.75) is 51.3 Å². The molecule has 0 fully saturated rings. The van der Waals surface area contributed by atoms with E-state index in [0.717, 1.165) is 0 Å². The summed E-state index contributed by atoms with van der Waals surface area (Å²) in [4.78, 5) is 12.3. The minimum atomic E-state index is -1.17. The van der Waals surface area contributed by atoms with E-state index in [1.807, 2.05) is 13.8 Å². The molecular weight excluding hydrogens is 323 g/mol. The summed E-state index contributed by atoms with van der Waals surface area (Å²) in [6.45, 7) is 1.87. The summed E-state index contributed by atoms with van der Waals surface area (Å²) < 4.78 is 39.7. The van der Waals surface area contributed by atoms with Crippen molar-refractivity contribution in [1.29, 1.82) is 0 Å². The van der Waals surface area contributed by atoms with Gasteiger partial charge in [-0.2, -0.15) is 15.0 Å². The van der Waals surface area contributed by atoms with Gasteiger partial charge in [0.15, 0.2) is 5.82 Å². The van der Waals surface area contributed by atoms with Crippen molar-refractivity contribution in [2.24, 2.45) is 0 Å². The van der Waals surface area contributed by atoms with Gasteiger partial charge in [0.25, 0.3) is 0 Å². The molecule has 0 amide bonds. The first kappa shape index (κ1) is 18.4. The van der Waals surface area contributed by atoms with Crippen LogP contribution in [0.15, 0.2) is 5.83 Å². The van der Waals surface area contributed by atoms with Gasteiger partial charge in [0, 0.05) is 11.6 Å². The fourth-order valence-corrected chi connectivity index (χ4v) is 2.34. The van der Waals surface area contributed by atoms with E-state index in [1.165, 1.54) is 0 Å². The number of hydrogen-bond donors (Lipinski definition) is 3. The topological polar surface area (TPSA) is 83.0 Å². The van der Waals surface area contributed by atoms with Gasteiger partial charge in [-0.15, -0.1) is 0 Å². The Balaban J connectivity index is 2.40. The zero-order valence-corrected chi connectivity index (χ0v) is 13.7. The predicted octanol–water partition coefficient (Wildman–Crippen LogP) is 2.64. The van der Waals surface area contributed by atoms with E-state index in [-0.39, 0.29) is 29.3 Å². The first-order chi connectivity index (χ1) is 11.4. The van der Waals surface area contributed by atoms with Gasteiger partial charge in [-0.3, -0.25) is 0 Å². The highest BCUT2D eigenvalue weighted by molar-refractivity contribution is 5.65. The Kier molecular flexibility index (Phi) is 6.36. The number of rotatable bonds is 7. The van der Waals surface area contributed by atoms with E-state index in [2.05, 4.69) is 25.6 Å². The summed E-state index contributed by atoms with van der Waals surface area (Å²) >= 11 is 0. The van der Waals surface area contributed by atoms with E-state index < -0.39 is 31.3 Å². The molecule has 1 aromatic rings. The lowest BCUT2D eigenvalue weighted by Crippen LogP contribution is -2.26. The molecule has 6 nitrogen and oxygen atoms in total. The van der Waals surface area contributed by atoms with Crippen molar-refractivity contribution in [1.82, 2.24) is 15.0 Å². The van der Waals surface area contributed by atoms with E-state index in [0.29, 0.717) is 19.3 Å². The number of nitrogens with zero attached hydrogens (tertiary/aromatic N) is 3. The molecule has 0 aromatic carbocycles. The van der Waals surface area contributed by atoms with Crippen molar-refractivity contribution in [3.05, 3.63) is 11.7 Å². The summed E-state index contributed by atoms with van der Waals surface area (Å²) in [6.07, 6.45) is 0.147. The number of anilines is 2. The standard InChI is InChI=1S/C15H22F3N5O/c1-8(2)19-14-21-13(10-4-3-5-11(24)12(10)18)22-15(23-14)20-9(6-16)7-17/h8-9,11,24H,3-7H2,1-2H3,(H2,19,20,21,22,23). The third-order valence-electron chi connectivity index (χ3n) is 3.51. The number of aromatic nitrogens is 3. The number of nitrogens with one attached hydrogen (secondary N) is 2. The van der Waals surface area contributed by atoms with Crippen LogP contribution in [0.2, 0.25) is 0 Å². The molecule has 0 saturated heterocycles. The van der Waals surface area contributed by atoms with Crippen molar-refractivity contribution < 1.29 is 18.3 Å². The van der Waals surface area contributed by atoms with Crippen molar-refractivity contribution in [3.8, 4) is 0 Å². The quantitative estimate of drug-likeness (QED) is 0.705. The molecule has 3 N–H and O–H groups in total. The second-order valence-corrected chi connectivity index (χ2v) is 5.99. The lowest BCUT2D eigenvalue weighted by molar-refractivity contribution is 0.165. The van der Waals surface area contributed by atoms with Crippen LogP contribution in [0.1, 0.15) is 38.9 Å². The fourth-order valence-electron chi connectivity index (χ4n) is 2.34. The molecular formula is C15H22F3N5O. The second kappa shape index (κ2) is 8.27. The average Bonchev–Trinajstić information content (AvgIpc) is 2.54. The van der Waals surface area contributed by atoms with E-state index in [4.69, 9.17) is 0 Å². The number of alkyl halides is 2. The fraction of sp³-hybridized carbons (Fsp3) is 0.667. The zero-order valence-electron chi connectivity index (χ0n) is 13.7. The lowest BCUT2D eigenvalue weighted by atomic mass is 9.96. The number of halogens is 3. The van der Waals surface area contributed by atoms with Crippen molar-refractivity contribution in [2.75, 3.05) is 24.0 Å². The Morgan fingerprint density at radius 3 is 2.33 bits per heavy atom. The van der Waals surface area contributed by atoms with Crippen molar-refractivity contribution in [3.63, 3.8) is 0 Å². The van der Waals surface area contributed by atoms with E-state index in [1.54, 1.807) is 0 Å². The summed E-state index contributed by atoms with van der Waals surface area (Å²) in [6, 6.07) is -1.08. The first-order valence-corrected chi connectivity index (χ1v) is 7.92. The minimum Gasteiger partial charge on any atom is -0.386 e. The molecule has 0 saturated carbocycles. The number of hydrogen-bond acceptors (Lipinski definition) is 6. The molecule has 9 heteroatoms. The first-order valence-electron chi connectivity index (χ1n) is 7.92. The highest BCUT2D eigenvalue weighted by Gasteiger charge is 2.25. The van der Waals surface area contributed by atoms with Crippen LogP contribution in [-0.2, 0) is 0 Å². The van der Waals surface area contributed by atoms with Gasteiger partial charge in [0.05, 0.1) is 6.04 Å². The zero-order chi connectivity index (χ0) is 17.7. The van der Waals surface area contributed by atoms with Crippen LogP contribution in [-0.4, -0.2) is 51.6 Å². The Hall–Kier alpha value is -1.90. The summed E-state index contributed by atoms with van der Waals surface area (Å²) in [5.74, 6) is -0.470. The van der Waals surface area contributed by atoms with Crippen molar-refractivity contribution >= 4 is 17.5 Å². The van der Waals surface area contributed by atoms with Gasteiger partial charge in [0.1, 0.15) is 25.3 Å². The molecule has 134 valence electrons. The van der Waals surface area contributed by atoms with Gasteiger partial charge in [-0.05, 0) is 33.1 Å². The highest BCUT2D eigenvalue weighted by atomic mass is 19.1. The van der Waals surface area contributed by atoms with Gasteiger partial charge in [-0.25, -0.2) is 13.2 Å². The SMILES string of the molecule is CC(C)Nc1nc(NC(CF)CF)nc(C2=C(F)C(O)CCC2)n1. The van der Waals surface area contributed by atoms with Crippen LogP contribution in [0, 0.1) is 0 Å². The molecule has 0 bridgehead atoms. The van der Waals surface area contributed by atoms with E-state index >= 15 is 0 Å². The molecule has 1 aliphatic rings. The monoisotopic (exact) mass is 345 g/mol. The molecule has 0 radical (unpaired) electrons. The molecule has 1 aromatic heterocycles. The Bertz CT molecular complexity index is 592. The minimum absolute atomic E-state index is 0.00187. The molecule has 1 heterocycles. The molecule has 1 atom stereocenters. The van der Waals surface area contributed by atoms with Gasteiger partial charge in [0.2, 0.25) is 11.9 Å². The molecule has 0 spiro atoms. The third-order valence-corrected chi connectivity index (χ3v) is 3.51. The van der Waals surface area contributed by atoms with Crippen LogP contribution in [0.5, 0.6) is 0 Å². The van der Waals surface area contributed by atoms with Crippen LogP contribution in [0.25, 0.3) is 5.57 Å². The second-order valence-electron chi connectivity index (χ2n) is 5.99. The lowest BCUT2D eigenvalue weighted by Gasteiger charge is -2.20. The van der Waals surface area contributed by atoms with E-state index in [9.17, 15) is 18.3 Å². The molecule has 1 aliphatic carbocycles. The summed E-state index contributed by atoms with van der Waals surface area (Å²) in [5.41, 5.74) is 0.197. The summed E-state index contributed by atoms with van der Waals surface area (Å²) in [7, 11) is 0. The summed E-state index contributed by atoms with van der Waals surface area (Å²) in [5, 5.41) is 15.2. The maximum Gasteiger partial charge on any atom is 0.228 e. The Morgan fingerprint density at radius 1 is 1.12 bits per heavy atom. The normalized spacial score (nSPS) is 18.4. The van der Waals surface area contributed by atoms with Crippen LogP contribution in [0.4, 0.5) is 25.1 Å². The van der Waals surface area contributed by atoms with Crippen LogP contribution in [0.3, 0.4) is 0 Å². The maximum absolute atomic E-state index is 14.2. The predicted molar refractivity (Wildman–Crippen MR) is 85.8 cm³/mol. The smallest absolute Gasteiger partial charge is 0.228 e. The number of aliphatic hydroxyl groups is 1. The third kappa shape index (κ3) is 4.56. The van der Waals surface area contributed by atoms with Gasteiger partial charge in [-0.1, -0.05) is 0 Å². The van der Waals surface area contributed by atoms with Gasteiger partial charge >= 0.3 is 0 Å². The molecule has 1 unspecified atom stereocenters. The molecule has 2 rings (SSSR count). The van der Waals surface area contributed by atoms with Crippen LogP contribution < -0.4 is 10.6 Å². The number of aliphatic hydroxyl groups excluding tert-OH is 1. The largest absolute Gasteiger partial charge is 0.386 e. The average molecular weight is 345 g/mol. The Morgan fingerprint density at radius 2 is 1.75 bits per heavy atom. The Labute approximate surface area is 138 Å². The highest BCUT2D eigenvalue weighted by Crippen LogP contribution is 2.32. The van der Waals surface area contributed by atoms with Crippen LogP contribution >= 0.6 is 0 Å². The van der Waals surface area contributed by atoms with Gasteiger partial charge < -0.3 is 15.7 Å². The molecule has 24 heavy (non-hydrogen) atoms. The maximum atomic E-state index is 14.2. The number of allylic oxidation sites excluding steroid dienone is 1.